The molecule has 0 radical (unpaired) electrons. The number of hydrogen-bond donors (Lipinski definition) is 2. The Morgan fingerprint density at radius 3 is 2.36 bits per heavy atom. The van der Waals surface area contributed by atoms with Crippen LogP contribution in [0.4, 0.5) is 4.79 Å². The molecule has 14 heavy (non-hydrogen) atoms. The van der Waals surface area contributed by atoms with Gasteiger partial charge in [0.05, 0.1) is 7.11 Å². The van der Waals surface area contributed by atoms with Crippen molar-refractivity contribution in [1.29, 1.82) is 5.41 Å². The first-order valence-electron chi connectivity index (χ1n) is 3.97. The second-order valence-electron chi connectivity index (χ2n) is 3.00. The van der Waals surface area contributed by atoms with Crippen LogP contribution in [-0.4, -0.2) is 30.0 Å². The molecule has 0 rings (SSSR count). The lowest BCUT2D eigenvalue weighted by Gasteiger charge is -2.17. The predicted octanol–water partition coefficient (Wildman–Crippen LogP) is 0.621. The van der Waals surface area contributed by atoms with E-state index in [1.807, 2.05) is 0 Å². The van der Waals surface area contributed by atoms with E-state index in [1.165, 1.54) is 0 Å². The van der Waals surface area contributed by atoms with Gasteiger partial charge in [0.15, 0.2) is 0 Å². The number of carbonyl (C=O) groups is 1. The first-order valence-corrected chi connectivity index (χ1v) is 3.97. The normalized spacial score (nSPS) is 12.0. The standard InChI is InChI=1S/C7H13N3O4/c1-4(2)5(6(8)10(12)13)9-7(11)14-3/h4-5,8H,1-3H3,(H,9,11)/t5-/m0/s1. The highest BCUT2D eigenvalue weighted by atomic mass is 16.6. The minimum atomic E-state index is -0.933. The molecule has 0 heterocycles. The van der Waals surface area contributed by atoms with Crippen LogP contribution in [0.15, 0.2) is 0 Å². The van der Waals surface area contributed by atoms with Crippen LogP contribution in [-0.2, 0) is 4.74 Å². The molecule has 7 nitrogen and oxygen atoms in total. The summed E-state index contributed by atoms with van der Waals surface area (Å²) in [5.41, 5.74) is 0. The number of amidine groups is 1. The van der Waals surface area contributed by atoms with E-state index in [4.69, 9.17) is 5.41 Å². The van der Waals surface area contributed by atoms with E-state index in [0.717, 1.165) is 7.11 Å². The van der Waals surface area contributed by atoms with E-state index in [1.54, 1.807) is 13.8 Å². The van der Waals surface area contributed by atoms with Crippen LogP contribution >= 0.6 is 0 Å². The van der Waals surface area contributed by atoms with Crippen molar-refractivity contribution in [2.24, 2.45) is 5.92 Å². The van der Waals surface area contributed by atoms with Crippen molar-refractivity contribution in [3.8, 4) is 0 Å². The summed E-state index contributed by atoms with van der Waals surface area (Å²) >= 11 is 0. The smallest absolute Gasteiger partial charge is 0.407 e. The Kier molecular flexibility index (Phi) is 4.54. The molecule has 0 saturated heterocycles. The number of alkyl carbamates (subject to hydrolysis) is 1. The van der Waals surface area contributed by atoms with Crippen LogP contribution < -0.4 is 5.32 Å². The predicted molar refractivity (Wildman–Crippen MR) is 48.9 cm³/mol. The van der Waals surface area contributed by atoms with E-state index >= 15 is 0 Å². The Morgan fingerprint density at radius 1 is 1.57 bits per heavy atom. The van der Waals surface area contributed by atoms with E-state index in [-0.39, 0.29) is 5.92 Å². The third-order valence-corrected chi connectivity index (χ3v) is 1.62. The van der Waals surface area contributed by atoms with Gasteiger partial charge in [-0.2, -0.15) is 0 Å². The summed E-state index contributed by atoms with van der Waals surface area (Å²) in [5, 5.41) is 19.7. The van der Waals surface area contributed by atoms with Crippen LogP contribution in [0, 0.1) is 21.4 Å². The Balaban J connectivity index is 4.53. The molecule has 0 bridgehead atoms. The van der Waals surface area contributed by atoms with Crippen LogP contribution in [0.5, 0.6) is 0 Å². The molecule has 2 N–H and O–H groups in total. The molecule has 7 heteroatoms. The highest BCUT2D eigenvalue weighted by Crippen LogP contribution is 2.03. The van der Waals surface area contributed by atoms with Crippen molar-refractivity contribution in [2.75, 3.05) is 7.11 Å². The average Bonchev–Trinajstić information content (AvgIpc) is 2.11. The number of nitro groups is 1. The van der Waals surface area contributed by atoms with E-state index in [9.17, 15) is 14.9 Å². The molecule has 0 aromatic heterocycles. The van der Waals surface area contributed by atoms with Crippen molar-refractivity contribution >= 4 is 11.9 Å². The first-order chi connectivity index (χ1) is 6.40. The fourth-order valence-electron chi connectivity index (χ4n) is 0.850. The Hall–Kier alpha value is -1.66. The van der Waals surface area contributed by atoms with Crippen LogP contribution in [0.3, 0.4) is 0 Å². The van der Waals surface area contributed by atoms with Gasteiger partial charge < -0.3 is 20.2 Å². The summed E-state index contributed by atoms with van der Waals surface area (Å²) in [6.45, 7) is 3.33. The Labute approximate surface area is 81.1 Å². The van der Waals surface area contributed by atoms with Crippen LogP contribution in [0.1, 0.15) is 13.8 Å². The SMILES string of the molecule is COC(=O)N[C@H](C(=N)[N+](=O)[O-])C(C)C. The maximum Gasteiger partial charge on any atom is 0.407 e. The van der Waals surface area contributed by atoms with Gasteiger partial charge in [-0.3, -0.25) is 0 Å². The number of nitrogens with zero attached hydrogens (tertiary/aromatic N) is 1. The molecule has 0 spiro atoms. The lowest BCUT2D eigenvalue weighted by Crippen LogP contribution is -2.46. The maximum absolute atomic E-state index is 10.8. The van der Waals surface area contributed by atoms with Gasteiger partial charge in [0.2, 0.25) is 0 Å². The fourth-order valence-corrected chi connectivity index (χ4v) is 0.850. The summed E-state index contributed by atoms with van der Waals surface area (Å²) in [7, 11) is 1.16. The van der Waals surface area contributed by atoms with Gasteiger partial charge >= 0.3 is 11.9 Å². The molecule has 0 unspecified atom stereocenters. The third-order valence-electron chi connectivity index (χ3n) is 1.62. The number of ether oxygens (including phenoxy) is 1. The van der Waals surface area contributed by atoms with Gasteiger partial charge in [-0.1, -0.05) is 19.3 Å². The van der Waals surface area contributed by atoms with Gasteiger partial charge in [-0.05, 0) is 10.8 Å². The number of carbonyl (C=O) groups excluding carboxylic acids is 1. The highest BCUT2D eigenvalue weighted by Gasteiger charge is 2.29. The molecule has 0 aromatic carbocycles. The van der Waals surface area contributed by atoms with E-state index in [2.05, 4.69) is 10.1 Å². The quantitative estimate of drug-likeness (QED) is 0.303. The Bertz CT molecular complexity index is 251. The summed E-state index contributed by atoms with van der Waals surface area (Å²) in [5.74, 6) is -0.989. The minimum absolute atomic E-state index is 0.244. The molecule has 0 aliphatic carbocycles. The zero-order valence-electron chi connectivity index (χ0n) is 8.23. The molecule has 0 aliphatic heterocycles. The molecule has 1 amide bonds. The second-order valence-corrected chi connectivity index (χ2v) is 3.00. The Morgan fingerprint density at radius 2 is 2.07 bits per heavy atom. The van der Waals surface area contributed by atoms with Gasteiger partial charge in [0.1, 0.15) is 6.04 Å². The lowest BCUT2D eigenvalue weighted by molar-refractivity contribution is -0.356. The van der Waals surface area contributed by atoms with Crippen LogP contribution in [0.2, 0.25) is 0 Å². The van der Waals surface area contributed by atoms with Crippen LogP contribution in [0.25, 0.3) is 0 Å². The molecule has 80 valence electrons. The van der Waals surface area contributed by atoms with E-state index in [0.29, 0.717) is 0 Å². The molecule has 0 saturated carbocycles. The van der Waals surface area contributed by atoms with Crippen molar-refractivity contribution in [3.63, 3.8) is 0 Å². The molecule has 0 fully saturated rings. The average molecular weight is 203 g/mol. The number of rotatable bonds is 3. The number of methoxy groups -OCH3 is 1. The zero-order valence-corrected chi connectivity index (χ0v) is 8.23. The first kappa shape index (κ1) is 12.3. The number of hydrogen-bond acceptors (Lipinski definition) is 5. The van der Waals surface area contributed by atoms with Gasteiger partial charge in [-0.25, -0.2) is 4.79 Å². The van der Waals surface area contributed by atoms with Crippen molar-refractivity contribution in [3.05, 3.63) is 10.1 Å². The summed E-state index contributed by atoms with van der Waals surface area (Å²) in [6.07, 6.45) is -0.782. The summed E-state index contributed by atoms with van der Waals surface area (Å²) < 4.78 is 4.29. The van der Waals surface area contributed by atoms with E-state index < -0.39 is 22.9 Å². The maximum atomic E-state index is 10.8. The topological polar surface area (TPSA) is 105 Å². The fraction of sp³-hybridized carbons (Fsp3) is 0.714. The largest absolute Gasteiger partial charge is 0.453 e. The van der Waals surface area contributed by atoms with Gasteiger partial charge in [0, 0.05) is 0 Å². The highest BCUT2D eigenvalue weighted by molar-refractivity contribution is 5.82. The van der Waals surface area contributed by atoms with Gasteiger partial charge in [-0.15, -0.1) is 0 Å². The molecular formula is C7H13N3O4. The van der Waals surface area contributed by atoms with Crippen molar-refractivity contribution in [1.82, 2.24) is 5.32 Å². The second kappa shape index (κ2) is 5.15. The molecular weight excluding hydrogens is 190 g/mol. The molecule has 1 atom stereocenters. The molecule has 0 aliphatic rings. The third kappa shape index (κ3) is 3.38. The lowest BCUT2D eigenvalue weighted by atomic mass is 10.0. The minimum Gasteiger partial charge on any atom is -0.453 e. The van der Waals surface area contributed by atoms with Crippen molar-refractivity contribution < 1.29 is 14.5 Å². The van der Waals surface area contributed by atoms with Crippen molar-refractivity contribution in [2.45, 2.75) is 19.9 Å². The van der Waals surface area contributed by atoms with Gasteiger partial charge in [0.25, 0.3) is 0 Å². The monoisotopic (exact) mass is 203 g/mol. The molecule has 0 aromatic rings. The summed E-state index contributed by atoms with van der Waals surface area (Å²) in [6, 6.07) is -0.933. The zero-order chi connectivity index (χ0) is 11.3. The number of amides is 1. The summed E-state index contributed by atoms with van der Waals surface area (Å²) in [4.78, 5) is 20.3. The number of nitrogens with one attached hydrogen (secondary N) is 2.